The molecule has 2 aromatic carbocycles. The van der Waals surface area contributed by atoms with Crippen molar-refractivity contribution in [3.05, 3.63) is 63.6 Å². The fraction of sp³-hybridized carbons (Fsp3) is 0.440. The lowest BCUT2D eigenvalue weighted by molar-refractivity contribution is -0.124. The van der Waals surface area contributed by atoms with Crippen molar-refractivity contribution in [1.82, 2.24) is 15.5 Å². The third-order valence-electron chi connectivity index (χ3n) is 5.94. The van der Waals surface area contributed by atoms with E-state index in [1.165, 1.54) is 6.07 Å². The van der Waals surface area contributed by atoms with Crippen LogP contribution in [-0.2, 0) is 4.79 Å². The predicted octanol–water partition coefficient (Wildman–Crippen LogP) is 4.71. The molecule has 0 aromatic heterocycles. The lowest BCUT2D eigenvalue weighted by Crippen LogP contribution is -2.51. The van der Waals surface area contributed by atoms with Crippen LogP contribution < -0.4 is 15.4 Å². The number of rotatable bonds is 9. The van der Waals surface area contributed by atoms with Gasteiger partial charge in [0.25, 0.3) is 5.91 Å². The van der Waals surface area contributed by atoms with Gasteiger partial charge in [-0.1, -0.05) is 49.2 Å². The van der Waals surface area contributed by atoms with E-state index in [-0.39, 0.29) is 28.5 Å². The van der Waals surface area contributed by atoms with E-state index in [0.29, 0.717) is 11.6 Å². The average molecular weight is 492 g/mol. The Kier molecular flexibility index (Phi) is 9.01. The second-order valence-corrected chi connectivity index (χ2v) is 9.44. The van der Waals surface area contributed by atoms with Crippen molar-refractivity contribution in [2.24, 2.45) is 5.92 Å². The summed E-state index contributed by atoms with van der Waals surface area (Å²) in [6.07, 6.45) is 2.28. The number of carbonyl (C=O) groups excluding carboxylic acids is 2. The highest BCUT2D eigenvalue weighted by Gasteiger charge is 2.28. The van der Waals surface area contributed by atoms with Crippen molar-refractivity contribution in [1.29, 1.82) is 0 Å². The van der Waals surface area contributed by atoms with Gasteiger partial charge in [-0.2, -0.15) is 0 Å². The molecule has 0 radical (unpaired) electrons. The molecule has 0 saturated carbocycles. The molecule has 2 atom stereocenters. The second-order valence-electron chi connectivity index (χ2n) is 8.60. The third kappa shape index (κ3) is 6.62. The molecular formula is C25H31Cl2N3O3. The third-order valence-corrected chi connectivity index (χ3v) is 6.49. The Labute approximate surface area is 205 Å². The van der Waals surface area contributed by atoms with Gasteiger partial charge in [-0.15, -0.1) is 0 Å². The topological polar surface area (TPSA) is 70.7 Å². The number of carbonyl (C=O) groups is 2. The van der Waals surface area contributed by atoms with Crippen LogP contribution in [0.5, 0.6) is 5.75 Å². The molecule has 0 bridgehead atoms. The van der Waals surface area contributed by atoms with E-state index in [1.807, 2.05) is 32.0 Å². The zero-order valence-corrected chi connectivity index (χ0v) is 20.7. The minimum absolute atomic E-state index is 0.0285. The Bertz CT molecular complexity index is 977. The number of nitrogens with one attached hydrogen (secondary N) is 2. The molecule has 2 aromatic rings. The molecule has 178 valence electrons. The quantitative estimate of drug-likeness (QED) is 0.532. The summed E-state index contributed by atoms with van der Waals surface area (Å²) in [6, 6.07) is 11.9. The van der Waals surface area contributed by atoms with E-state index >= 15 is 0 Å². The van der Waals surface area contributed by atoms with E-state index in [0.717, 1.165) is 37.2 Å². The number of ether oxygens (including phenoxy) is 1. The van der Waals surface area contributed by atoms with Gasteiger partial charge in [0, 0.05) is 11.6 Å². The van der Waals surface area contributed by atoms with Crippen LogP contribution in [0.25, 0.3) is 0 Å². The van der Waals surface area contributed by atoms with Crippen LogP contribution in [0, 0.1) is 5.92 Å². The zero-order chi connectivity index (χ0) is 24.0. The Morgan fingerprint density at radius 2 is 1.82 bits per heavy atom. The van der Waals surface area contributed by atoms with Crippen LogP contribution in [0.3, 0.4) is 0 Å². The highest BCUT2D eigenvalue weighted by molar-refractivity contribution is 6.36. The SMILES string of the molecule is COc1cccc([C@@H](CNC(=O)[C@H](NC(=O)c2ccc(Cl)cc2Cl)C(C)C)N2CCCC2)c1. The fourth-order valence-electron chi connectivity index (χ4n) is 4.09. The smallest absolute Gasteiger partial charge is 0.253 e. The Morgan fingerprint density at radius 3 is 2.45 bits per heavy atom. The van der Waals surface area contributed by atoms with Crippen LogP contribution in [0.15, 0.2) is 42.5 Å². The van der Waals surface area contributed by atoms with E-state index in [2.05, 4.69) is 21.6 Å². The van der Waals surface area contributed by atoms with Crippen molar-refractivity contribution in [2.45, 2.75) is 38.8 Å². The van der Waals surface area contributed by atoms with Gasteiger partial charge in [-0.25, -0.2) is 0 Å². The normalized spacial score (nSPS) is 15.8. The van der Waals surface area contributed by atoms with Crippen molar-refractivity contribution < 1.29 is 14.3 Å². The molecule has 1 saturated heterocycles. The van der Waals surface area contributed by atoms with Gasteiger partial charge in [-0.05, 0) is 67.7 Å². The Morgan fingerprint density at radius 1 is 1.09 bits per heavy atom. The maximum atomic E-state index is 13.1. The molecule has 8 heteroatoms. The molecule has 2 amide bonds. The van der Waals surface area contributed by atoms with Crippen LogP contribution in [0.4, 0.5) is 0 Å². The molecule has 1 aliphatic rings. The first-order valence-electron chi connectivity index (χ1n) is 11.2. The van der Waals surface area contributed by atoms with E-state index in [1.54, 1.807) is 19.2 Å². The molecule has 3 rings (SSSR count). The molecule has 0 unspecified atom stereocenters. The van der Waals surface area contributed by atoms with Crippen LogP contribution in [-0.4, -0.2) is 49.5 Å². The minimum Gasteiger partial charge on any atom is -0.497 e. The molecule has 1 heterocycles. The lowest BCUT2D eigenvalue weighted by atomic mass is 10.0. The van der Waals surface area contributed by atoms with E-state index in [4.69, 9.17) is 27.9 Å². The van der Waals surface area contributed by atoms with Crippen molar-refractivity contribution in [3.63, 3.8) is 0 Å². The molecule has 33 heavy (non-hydrogen) atoms. The fourth-order valence-corrected chi connectivity index (χ4v) is 4.59. The number of benzene rings is 2. The van der Waals surface area contributed by atoms with Crippen LogP contribution in [0.1, 0.15) is 48.7 Å². The van der Waals surface area contributed by atoms with Crippen molar-refractivity contribution in [2.75, 3.05) is 26.7 Å². The number of methoxy groups -OCH3 is 1. The highest BCUT2D eigenvalue weighted by Crippen LogP contribution is 2.27. The predicted molar refractivity (Wildman–Crippen MR) is 132 cm³/mol. The van der Waals surface area contributed by atoms with Gasteiger partial charge >= 0.3 is 0 Å². The number of amides is 2. The Hall–Kier alpha value is -2.28. The first-order valence-corrected chi connectivity index (χ1v) is 12.0. The average Bonchev–Trinajstić information content (AvgIpc) is 3.31. The first-order chi connectivity index (χ1) is 15.8. The van der Waals surface area contributed by atoms with Crippen LogP contribution >= 0.6 is 23.2 Å². The van der Waals surface area contributed by atoms with Crippen LogP contribution in [0.2, 0.25) is 10.0 Å². The van der Waals surface area contributed by atoms with Gasteiger partial charge in [0.05, 0.1) is 23.7 Å². The summed E-state index contributed by atoms with van der Waals surface area (Å²) >= 11 is 12.1. The van der Waals surface area contributed by atoms with Crippen molar-refractivity contribution in [3.8, 4) is 5.75 Å². The molecular weight excluding hydrogens is 461 g/mol. The first kappa shape index (κ1) is 25.3. The van der Waals surface area contributed by atoms with Gasteiger partial charge < -0.3 is 15.4 Å². The number of halogens is 2. The highest BCUT2D eigenvalue weighted by atomic mass is 35.5. The van der Waals surface area contributed by atoms with Crippen molar-refractivity contribution >= 4 is 35.0 Å². The summed E-state index contributed by atoms with van der Waals surface area (Å²) in [5, 5.41) is 6.59. The Balaban J connectivity index is 1.71. The summed E-state index contributed by atoms with van der Waals surface area (Å²) in [7, 11) is 1.65. The standard InChI is InChI=1S/C25H31Cl2N3O3/c1-16(2)23(29-24(31)20-10-9-18(26)14-21(20)27)25(32)28-15-22(30-11-4-5-12-30)17-7-6-8-19(13-17)33-3/h6-10,13-14,16,22-23H,4-5,11-12,15H2,1-3H3,(H,28,32)(H,29,31)/t22-,23-/m1/s1. The van der Waals surface area contributed by atoms with E-state index in [9.17, 15) is 9.59 Å². The minimum atomic E-state index is -0.700. The summed E-state index contributed by atoms with van der Waals surface area (Å²) in [5.41, 5.74) is 1.38. The van der Waals surface area contributed by atoms with Gasteiger partial charge in [0.15, 0.2) is 0 Å². The van der Waals surface area contributed by atoms with Gasteiger partial charge in [-0.3, -0.25) is 14.5 Å². The molecule has 6 nitrogen and oxygen atoms in total. The maximum absolute atomic E-state index is 13.1. The number of nitrogens with zero attached hydrogens (tertiary/aromatic N) is 1. The largest absolute Gasteiger partial charge is 0.497 e. The molecule has 1 aliphatic heterocycles. The van der Waals surface area contributed by atoms with Gasteiger partial charge in [0.1, 0.15) is 11.8 Å². The van der Waals surface area contributed by atoms with E-state index < -0.39 is 11.9 Å². The summed E-state index contributed by atoms with van der Waals surface area (Å²) < 4.78 is 5.39. The molecule has 0 aliphatic carbocycles. The monoisotopic (exact) mass is 491 g/mol. The summed E-state index contributed by atoms with van der Waals surface area (Å²) in [5.74, 6) is 0.0437. The maximum Gasteiger partial charge on any atom is 0.253 e. The second kappa shape index (κ2) is 11.7. The molecule has 1 fully saturated rings. The number of likely N-dealkylation sites (tertiary alicyclic amines) is 1. The molecule has 0 spiro atoms. The lowest BCUT2D eigenvalue weighted by Gasteiger charge is -2.30. The number of hydrogen-bond donors (Lipinski definition) is 2. The summed E-state index contributed by atoms with van der Waals surface area (Å²) in [6.45, 7) is 6.20. The van der Waals surface area contributed by atoms with Gasteiger partial charge in [0.2, 0.25) is 5.91 Å². The zero-order valence-electron chi connectivity index (χ0n) is 19.2. The molecule has 2 N–H and O–H groups in total. The number of hydrogen-bond acceptors (Lipinski definition) is 4. The summed E-state index contributed by atoms with van der Waals surface area (Å²) in [4.78, 5) is 28.3.